The molecule has 2 saturated carbocycles. The van der Waals surface area contributed by atoms with Crippen molar-refractivity contribution in [1.82, 2.24) is 9.80 Å². The van der Waals surface area contributed by atoms with Gasteiger partial charge in [-0.15, -0.1) is 0 Å². The van der Waals surface area contributed by atoms with Crippen molar-refractivity contribution in [3.8, 4) is 0 Å². The van der Waals surface area contributed by atoms with E-state index in [4.69, 9.17) is 0 Å². The van der Waals surface area contributed by atoms with Crippen molar-refractivity contribution in [2.45, 2.75) is 51.0 Å². The van der Waals surface area contributed by atoms with Gasteiger partial charge in [0.15, 0.2) is 0 Å². The predicted octanol–water partition coefficient (Wildman–Crippen LogP) is 1.97. The minimum atomic E-state index is -0.205. The van der Waals surface area contributed by atoms with Crippen LogP contribution in [0.5, 0.6) is 0 Å². The number of hydrogen-bond donors (Lipinski definition) is 0. The van der Waals surface area contributed by atoms with E-state index in [0.29, 0.717) is 0 Å². The second-order valence-electron chi connectivity index (χ2n) is 7.91. The zero-order valence-corrected chi connectivity index (χ0v) is 14.3. The van der Waals surface area contributed by atoms with Crippen LogP contribution in [0.1, 0.15) is 44.9 Å². The lowest BCUT2D eigenvalue weighted by Crippen LogP contribution is -2.45. The molecule has 0 N–H and O–H groups in total. The molecule has 1 heterocycles. The summed E-state index contributed by atoms with van der Waals surface area (Å²) >= 11 is 0. The van der Waals surface area contributed by atoms with E-state index >= 15 is 0 Å². The van der Waals surface area contributed by atoms with E-state index in [1.54, 1.807) is 4.90 Å². The van der Waals surface area contributed by atoms with Gasteiger partial charge in [0.25, 0.3) is 0 Å². The highest BCUT2D eigenvalue weighted by atomic mass is 16.2. The Hall–Kier alpha value is -1.65. The molecule has 4 aliphatic rings. The summed E-state index contributed by atoms with van der Waals surface area (Å²) < 4.78 is 0. The molecule has 5 nitrogen and oxygen atoms in total. The first-order valence-electron chi connectivity index (χ1n) is 9.37. The SMILES string of the molecule is CN(C(=O)CN1C(=O)C2C3C=CC(C3)C2C1=O)C1CCCCCC1. The monoisotopic (exact) mass is 330 g/mol. The fourth-order valence-electron chi connectivity index (χ4n) is 5.22. The lowest BCUT2D eigenvalue weighted by Gasteiger charge is -2.29. The molecule has 2 bridgehead atoms. The summed E-state index contributed by atoms with van der Waals surface area (Å²) in [6.45, 7) is -0.0723. The number of imide groups is 1. The number of nitrogens with zero attached hydrogens (tertiary/aromatic N) is 2. The molecule has 4 rings (SSSR count). The number of likely N-dealkylation sites (tertiary alicyclic amines) is 1. The molecule has 1 saturated heterocycles. The molecule has 5 heteroatoms. The molecule has 0 aromatic carbocycles. The molecule has 3 amide bonds. The minimum absolute atomic E-state index is 0.0723. The number of amides is 3. The quantitative estimate of drug-likeness (QED) is 0.452. The maximum absolute atomic E-state index is 12.7. The summed E-state index contributed by atoms with van der Waals surface area (Å²) in [5, 5.41) is 0. The zero-order chi connectivity index (χ0) is 16.8. The maximum Gasteiger partial charge on any atom is 0.242 e. The van der Waals surface area contributed by atoms with Crippen molar-refractivity contribution in [2.75, 3.05) is 13.6 Å². The smallest absolute Gasteiger partial charge is 0.242 e. The molecular weight excluding hydrogens is 304 g/mol. The van der Waals surface area contributed by atoms with E-state index < -0.39 is 0 Å². The Balaban J connectivity index is 1.43. The molecule has 0 aromatic rings. The number of rotatable bonds is 3. The van der Waals surface area contributed by atoms with Crippen LogP contribution in [-0.4, -0.2) is 47.2 Å². The Morgan fingerprint density at radius 3 is 2.12 bits per heavy atom. The second-order valence-corrected chi connectivity index (χ2v) is 7.91. The topological polar surface area (TPSA) is 57.7 Å². The van der Waals surface area contributed by atoms with Crippen molar-refractivity contribution in [1.29, 1.82) is 0 Å². The first-order valence-corrected chi connectivity index (χ1v) is 9.37. The first kappa shape index (κ1) is 15.9. The minimum Gasteiger partial charge on any atom is -0.341 e. The van der Waals surface area contributed by atoms with E-state index in [-0.39, 0.29) is 54.0 Å². The fraction of sp³-hybridized carbons (Fsp3) is 0.737. The number of carbonyl (C=O) groups is 3. The highest BCUT2D eigenvalue weighted by molar-refractivity contribution is 6.08. The molecule has 130 valence electrons. The van der Waals surface area contributed by atoms with E-state index in [0.717, 1.165) is 32.1 Å². The Morgan fingerprint density at radius 1 is 1.04 bits per heavy atom. The van der Waals surface area contributed by atoms with Crippen molar-refractivity contribution in [2.24, 2.45) is 23.7 Å². The Bertz CT molecular complexity index is 561. The fourth-order valence-corrected chi connectivity index (χ4v) is 5.22. The van der Waals surface area contributed by atoms with Crippen LogP contribution in [0.3, 0.4) is 0 Å². The van der Waals surface area contributed by atoms with Gasteiger partial charge < -0.3 is 4.90 Å². The van der Waals surface area contributed by atoms with Crippen LogP contribution >= 0.6 is 0 Å². The van der Waals surface area contributed by atoms with Gasteiger partial charge in [0, 0.05) is 13.1 Å². The third-order valence-electron chi connectivity index (χ3n) is 6.62. The Morgan fingerprint density at radius 2 is 1.58 bits per heavy atom. The van der Waals surface area contributed by atoms with Crippen molar-refractivity contribution < 1.29 is 14.4 Å². The van der Waals surface area contributed by atoms with Crippen LogP contribution < -0.4 is 0 Å². The van der Waals surface area contributed by atoms with Gasteiger partial charge in [0.1, 0.15) is 6.54 Å². The third-order valence-corrected chi connectivity index (χ3v) is 6.62. The van der Waals surface area contributed by atoms with Gasteiger partial charge in [-0.2, -0.15) is 0 Å². The number of fused-ring (bicyclic) bond motifs is 5. The lowest BCUT2D eigenvalue weighted by molar-refractivity contribution is -0.147. The van der Waals surface area contributed by atoms with Gasteiger partial charge in [-0.3, -0.25) is 19.3 Å². The molecule has 3 aliphatic carbocycles. The predicted molar refractivity (Wildman–Crippen MR) is 88.7 cm³/mol. The summed E-state index contributed by atoms with van der Waals surface area (Å²) in [6, 6.07) is 0.255. The van der Waals surface area contributed by atoms with Crippen LogP contribution in [-0.2, 0) is 14.4 Å². The number of carbonyl (C=O) groups excluding carboxylic acids is 3. The number of allylic oxidation sites excluding steroid dienone is 2. The van der Waals surface area contributed by atoms with Crippen molar-refractivity contribution >= 4 is 17.7 Å². The molecule has 3 fully saturated rings. The molecule has 4 unspecified atom stereocenters. The van der Waals surface area contributed by atoms with Gasteiger partial charge in [-0.25, -0.2) is 0 Å². The second kappa shape index (κ2) is 6.01. The summed E-state index contributed by atoms with van der Waals surface area (Å²) in [6.07, 6.45) is 11.9. The third kappa shape index (κ3) is 2.40. The Kier molecular flexibility index (Phi) is 3.97. The zero-order valence-electron chi connectivity index (χ0n) is 14.3. The largest absolute Gasteiger partial charge is 0.341 e. The average Bonchev–Trinajstić information content (AvgIpc) is 3.16. The molecular formula is C19H26N2O3. The van der Waals surface area contributed by atoms with Gasteiger partial charge in [0.05, 0.1) is 11.8 Å². The van der Waals surface area contributed by atoms with E-state index in [1.165, 1.54) is 17.7 Å². The molecule has 0 radical (unpaired) electrons. The summed E-state index contributed by atoms with van der Waals surface area (Å²) in [4.78, 5) is 41.0. The standard InChI is InChI=1S/C19H26N2O3/c1-20(14-6-4-2-3-5-7-14)15(22)11-21-18(23)16-12-8-9-13(10-12)17(16)19(21)24/h8-9,12-14,16-17H,2-7,10-11H2,1H3. The molecule has 0 aromatic heterocycles. The normalized spacial score (nSPS) is 35.5. The summed E-state index contributed by atoms with van der Waals surface area (Å²) in [7, 11) is 1.83. The molecule has 1 aliphatic heterocycles. The van der Waals surface area contributed by atoms with Gasteiger partial charge in [0.2, 0.25) is 17.7 Å². The lowest BCUT2D eigenvalue weighted by atomic mass is 9.85. The van der Waals surface area contributed by atoms with Gasteiger partial charge in [-0.1, -0.05) is 37.8 Å². The average molecular weight is 330 g/mol. The molecule has 4 atom stereocenters. The number of hydrogen-bond acceptors (Lipinski definition) is 3. The van der Waals surface area contributed by atoms with Crippen LogP contribution in [0.4, 0.5) is 0 Å². The van der Waals surface area contributed by atoms with Gasteiger partial charge in [-0.05, 0) is 31.1 Å². The van der Waals surface area contributed by atoms with Crippen molar-refractivity contribution in [3.05, 3.63) is 12.2 Å². The summed E-state index contributed by atoms with van der Waals surface area (Å²) in [5.74, 6) is -0.336. The Labute approximate surface area is 143 Å². The van der Waals surface area contributed by atoms with E-state index in [2.05, 4.69) is 12.2 Å². The van der Waals surface area contributed by atoms with Gasteiger partial charge >= 0.3 is 0 Å². The van der Waals surface area contributed by atoms with Crippen LogP contribution in [0, 0.1) is 23.7 Å². The molecule has 24 heavy (non-hydrogen) atoms. The number of likely N-dealkylation sites (N-methyl/N-ethyl adjacent to an activating group) is 1. The van der Waals surface area contributed by atoms with Crippen LogP contribution in [0.25, 0.3) is 0 Å². The van der Waals surface area contributed by atoms with Crippen LogP contribution in [0.2, 0.25) is 0 Å². The first-order chi connectivity index (χ1) is 11.6. The molecule has 0 spiro atoms. The highest BCUT2D eigenvalue weighted by Crippen LogP contribution is 2.52. The highest BCUT2D eigenvalue weighted by Gasteiger charge is 2.59. The van der Waals surface area contributed by atoms with Crippen molar-refractivity contribution in [3.63, 3.8) is 0 Å². The maximum atomic E-state index is 12.7. The van der Waals surface area contributed by atoms with E-state index in [1.807, 2.05) is 7.05 Å². The van der Waals surface area contributed by atoms with E-state index in [9.17, 15) is 14.4 Å². The van der Waals surface area contributed by atoms with Crippen LogP contribution in [0.15, 0.2) is 12.2 Å². The summed E-state index contributed by atoms with van der Waals surface area (Å²) in [5.41, 5.74) is 0.